The molecule has 0 aliphatic carbocycles. The molecule has 0 spiro atoms. The zero-order valence-electron chi connectivity index (χ0n) is 13.5. The van der Waals surface area contributed by atoms with Gasteiger partial charge < -0.3 is 10.6 Å². The Balaban J connectivity index is 2.63. The molecule has 2 N–H and O–H groups in total. The Bertz CT molecular complexity index is 379. The van der Waals surface area contributed by atoms with E-state index in [-0.39, 0.29) is 0 Å². The molecule has 0 fully saturated rings. The van der Waals surface area contributed by atoms with E-state index in [1.807, 2.05) is 6.07 Å². The minimum Gasteiger partial charge on any atom is -0.370 e. The number of nitrogens with zero attached hydrogens (tertiary/aromatic N) is 2. The van der Waals surface area contributed by atoms with Crippen LogP contribution < -0.4 is 10.6 Å². The van der Waals surface area contributed by atoms with Gasteiger partial charge in [0, 0.05) is 25.6 Å². The lowest BCUT2D eigenvalue weighted by atomic mass is 9.99. The standard InChI is InChI=1S/C16H30N4/c1-5-9-10-13(6-2)12-18-16-11-15(17-8-4)19-14(7-3)20-16/h11,13H,5-10,12H2,1-4H3,(H2,17,18,19,20). The molecule has 4 heteroatoms. The summed E-state index contributed by atoms with van der Waals surface area (Å²) in [6, 6.07) is 2.01. The van der Waals surface area contributed by atoms with Gasteiger partial charge in [-0.3, -0.25) is 0 Å². The molecule has 4 nitrogen and oxygen atoms in total. The summed E-state index contributed by atoms with van der Waals surface area (Å²) in [6.07, 6.45) is 5.97. The van der Waals surface area contributed by atoms with Crippen LogP contribution in [0.15, 0.2) is 6.07 Å². The molecule has 0 aromatic carbocycles. The summed E-state index contributed by atoms with van der Waals surface area (Å²) >= 11 is 0. The second-order valence-electron chi connectivity index (χ2n) is 5.24. The Morgan fingerprint density at radius 1 is 1.05 bits per heavy atom. The molecule has 1 aromatic heterocycles. The Morgan fingerprint density at radius 2 is 1.75 bits per heavy atom. The fraction of sp³-hybridized carbons (Fsp3) is 0.750. The Morgan fingerprint density at radius 3 is 2.30 bits per heavy atom. The smallest absolute Gasteiger partial charge is 0.132 e. The quantitative estimate of drug-likeness (QED) is 0.676. The number of rotatable bonds is 10. The minimum absolute atomic E-state index is 0.734. The maximum atomic E-state index is 4.56. The predicted molar refractivity (Wildman–Crippen MR) is 87.4 cm³/mol. The molecule has 1 unspecified atom stereocenters. The first-order valence-electron chi connectivity index (χ1n) is 8.09. The van der Waals surface area contributed by atoms with E-state index in [0.29, 0.717) is 0 Å². The van der Waals surface area contributed by atoms with Crippen molar-refractivity contribution < 1.29 is 0 Å². The van der Waals surface area contributed by atoms with Gasteiger partial charge in [0.2, 0.25) is 0 Å². The minimum atomic E-state index is 0.734. The van der Waals surface area contributed by atoms with E-state index in [2.05, 4.69) is 48.3 Å². The molecule has 0 aliphatic heterocycles. The summed E-state index contributed by atoms with van der Waals surface area (Å²) < 4.78 is 0. The third-order valence-corrected chi connectivity index (χ3v) is 3.56. The van der Waals surface area contributed by atoms with Crippen LogP contribution in [0.5, 0.6) is 0 Å². The molecule has 1 aromatic rings. The monoisotopic (exact) mass is 278 g/mol. The molecule has 0 amide bonds. The average Bonchev–Trinajstić information content (AvgIpc) is 2.47. The lowest BCUT2D eigenvalue weighted by Gasteiger charge is -2.16. The topological polar surface area (TPSA) is 49.8 Å². The fourth-order valence-corrected chi connectivity index (χ4v) is 2.21. The van der Waals surface area contributed by atoms with Crippen molar-refractivity contribution in [3.8, 4) is 0 Å². The van der Waals surface area contributed by atoms with Crippen molar-refractivity contribution >= 4 is 11.6 Å². The van der Waals surface area contributed by atoms with Crippen LogP contribution in [0, 0.1) is 5.92 Å². The summed E-state index contributed by atoms with van der Waals surface area (Å²) in [5.74, 6) is 3.50. The highest BCUT2D eigenvalue weighted by Crippen LogP contribution is 2.16. The van der Waals surface area contributed by atoms with Gasteiger partial charge >= 0.3 is 0 Å². The summed E-state index contributed by atoms with van der Waals surface area (Å²) in [5.41, 5.74) is 0. The van der Waals surface area contributed by atoms with E-state index >= 15 is 0 Å². The van der Waals surface area contributed by atoms with Crippen LogP contribution in [0.3, 0.4) is 0 Å². The lowest BCUT2D eigenvalue weighted by Crippen LogP contribution is -2.15. The lowest BCUT2D eigenvalue weighted by molar-refractivity contribution is 0.472. The molecular weight excluding hydrogens is 248 g/mol. The molecule has 114 valence electrons. The Kier molecular flexibility index (Phi) is 8.00. The van der Waals surface area contributed by atoms with Gasteiger partial charge in [-0.1, -0.05) is 40.0 Å². The van der Waals surface area contributed by atoms with Gasteiger partial charge in [-0.05, 0) is 19.3 Å². The number of nitrogens with one attached hydrogen (secondary N) is 2. The normalized spacial score (nSPS) is 12.2. The summed E-state index contributed by atoms with van der Waals surface area (Å²) in [7, 11) is 0. The van der Waals surface area contributed by atoms with Gasteiger partial charge in [0.15, 0.2) is 0 Å². The van der Waals surface area contributed by atoms with Crippen molar-refractivity contribution in [2.24, 2.45) is 5.92 Å². The van der Waals surface area contributed by atoms with Crippen molar-refractivity contribution in [1.29, 1.82) is 0 Å². The van der Waals surface area contributed by atoms with Crippen LogP contribution in [0.2, 0.25) is 0 Å². The van der Waals surface area contributed by atoms with E-state index < -0.39 is 0 Å². The van der Waals surface area contributed by atoms with E-state index in [1.165, 1.54) is 25.7 Å². The number of anilines is 2. The zero-order valence-corrected chi connectivity index (χ0v) is 13.5. The molecule has 0 bridgehead atoms. The summed E-state index contributed by atoms with van der Waals surface area (Å²) in [4.78, 5) is 9.03. The van der Waals surface area contributed by atoms with Crippen molar-refractivity contribution in [1.82, 2.24) is 9.97 Å². The number of unbranched alkanes of at least 4 members (excludes halogenated alkanes) is 1. The zero-order chi connectivity index (χ0) is 14.8. The first kappa shape index (κ1) is 16.7. The number of aromatic nitrogens is 2. The van der Waals surface area contributed by atoms with E-state index in [0.717, 1.165) is 42.9 Å². The number of hydrogen-bond donors (Lipinski definition) is 2. The fourth-order valence-electron chi connectivity index (χ4n) is 2.21. The molecule has 1 atom stereocenters. The van der Waals surface area contributed by atoms with E-state index in [1.54, 1.807) is 0 Å². The highest BCUT2D eigenvalue weighted by atomic mass is 15.1. The molecule has 1 rings (SSSR count). The molecule has 0 radical (unpaired) electrons. The predicted octanol–water partition coefficient (Wildman–Crippen LogP) is 4.10. The van der Waals surface area contributed by atoms with E-state index in [9.17, 15) is 0 Å². The summed E-state index contributed by atoms with van der Waals surface area (Å²) in [6.45, 7) is 10.6. The van der Waals surface area contributed by atoms with Crippen LogP contribution in [0.4, 0.5) is 11.6 Å². The highest BCUT2D eigenvalue weighted by Gasteiger charge is 2.07. The molecular formula is C16H30N4. The van der Waals surface area contributed by atoms with Gasteiger partial charge in [-0.15, -0.1) is 0 Å². The third-order valence-electron chi connectivity index (χ3n) is 3.56. The second kappa shape index (κ2) is 9.56. The largest absolute Gasteiger partial charge is 0.370 e. The maximum absolute atomic E-state index is 4.56. The van der Waals surface area contributed by atoms with Gasteiger partial charge in [-0.2, -0.15) is 0 Å². The number of aryl methyl sites for hydroxylation is 1. The summed E-state index contributed by atoms with van der Waals surface area (Å²) in [5, 5.41) is 6.75. The molecule has 0 aliphatic rings. The van der Waals surface area contributed by atoms with Gasteiger partial charge in [0.1, 0.15) is 17.5 Å². The van der Waals surface area contributed by atoms with Crippen LogP contribution in [0.25, 0.3) is 0 Å². The van der Waals surface area contributed by atoms with Crippen molar-refractivity contribution in [3.05, 3.63) is 11.9 Å². The van der Waals surface area contributed by atoms with Gasteiger partial charge in [0.25, 0.3) is 0 Å². The Hall–Kier alpha value is -1.32. The van der Waals surface area contributed by atoms with Gasteiger partial charge in [0.05, 0.1) is 0 Å². The van der Waals surface area contributed by atoms with Crippen molar-refractivity contribution in [2.45, 2.75) is 59.8 Å². The van der Waals surface area contributed by atoms with Crippen LogP contribution in [-0.4, -0.2) is 23.1 Å². The second-order valence-corrected chi connectivity index (χ2v) is 5.24. The first-order chi connectivity index (χ1) is 9.73. The number of hydrogen-bond acceptors (Lipinski definition) is 4. The van der Waals surface area contributed by atoms with Crippen LogP contribution in [-0.2, 0) is 6.42 Å². The van der Waals surface area contributed by atoms with Crippen LogP contribution in [0.1, 0.15) is 59.2 Å². The molecule has 1 heterocycles. The van der Waals surface area contributed by atoms with E-state index in [4.69, 9.17) is 0 Å². The SMILES string of the molecule is CCCCC(CC)CNc1cc(NCC)nc(CC)n1. The Labute approximate surface area is 123 Å². The van der Waals surface area contributed by atoms with Crippen molar-refractivity contribution in [2.75, 3.05) is 23.7 Å². The first-order valence-corrected chi connectivity index (χ1v) is 8.09. The molecule has 0 saturated carbocycles. The van der Waals surface area contributed by atoms with Crippen LogP contribution >= 0.6 is 0 Å². The average molecular weight is 278 g/mol. The molecule has 0 saturated heterocycles. The van der Waals surface area contributed by atoms with Crippen molar-refractivity contribution in [3.63, 3.8) is 0 Å². The highest BCUT2D eigenvalue weighted by molar-refractivity contribution is 5.47. The van der Waals surface area contributed by atoms with Gasteiger partial charge in [-0.25, -0.2) is 9.97 Å². The maximum Gasteiger partial charge on any atom is 0.132 e. The third kappa shape index (κ3) is 5.76. The molecule has 20 heavy (non-hydrogen) atoms.